The number of carbonyl (C=O) groups is 1. The summed E-state index contributed by atoms with van der Waals surface area (Å²) in [5.41, 5.74) is 6.97. The van der Waals surface area contributed by atoms with Crippen molar-refractivity contribution in [2.75, 3.05) is 6.61 Å². The molecule has 2 rings (SSSR count). The van der Waals surface area contributed by atoms with Gasteiger partial charge in [-0.1, -0.05) is 24.3 Å². The summed E-state index contributed by atoms with van der Waals surface area (Å²) >= 11 is 0. The van der Waals surface area contributed by atoms with E-state index >= 15 is 0 Å². The lowest BCUT2D eigenvalue weighted by Gasteiger charge is -2.14. The average molecular weight is 332 g/mol. The number of hydrogen-bond acceptors (Lipinski definition) is 4. The third-order valence-corrected chi connectivity index (χ3v) is 3.53. The number of aliphatic hydroxyl groups excluding tert-OH is 1. The SMILES string of the molecule is NC(=O)C(CCO)NCc1ccc(OCc2cccc(F)c2)cc1. The van der Waals surface area contributed by atoms with Gasteiger partial charge in [-0.2, -0.15) is 0 Å². The molecular weight excluding hydrogens is 311 g/mol. The van der Waals surface area contributed by atoms with Crippen molar-refractivity contribution < 1.29 is 19.0 Å². The molecule has 1 atom stereocenters. The third kappa shape index (κ3) is 5.64. The molecule has 2 aromatic rings. The van der Waals surface area contributed by atoms with Gasteiger partial charge in [0, 0.05) is 13.2 Å². The molecule has 4 N–H and O–H groups in total. The van der Waals surface area contributed by atoms with Gasteiger partial charge < -0.3 is 20.9 Å². The zero-order valence-corrected chi connectivity index (χ0v) is 13.2. The molecule has 0 fully saturated rings. The molecule has 0 heterocycles. The minimum atomic E-state index is -0.557. The van der Waals surface area contributed by atoms with Crippen molar-refractivity contribution in [3.05, 3.63) is 65.5 Å². The minimum absolute atomic E-state index is 0.104. The highest BCUT2D eigenvalue weighted by Gasteiger charge is 2.13. The fourth-order valence-corrected chi connectivity index (χ4v) is 2.21. The number of nitrogens with two attached hydrogens (primary N) is 1. The van der Waals surface area contributed by atoms with Crippen LogP contribution >= 0.6 is 0 Å². The van der Waals surface area contributed by atoms with Crippen LogP contribution < -0.4 is 15.8 Å². The number of rotatable bonds is 9. The highest BCUT2D eigenvalue weighted by Crippen LogP contribution is 2.15. The molecule has 0 saturated carbocycles. The van der Waals surface area contributed by atoms with Gasteiger partial charge in [0.2, 0.25) is 5.91 Å². The van der Waals surface area contributed by atoms with E-state index in [9.17, 15) is 9.18 Å². The van der Waals surface area contributed by atoms with Crippen molar-refractivity contribution in [1.29, 1.82) is 0 Å². The topological polar surface area (TPSA) is 84.6 Å². The van der Waals surface area contributed by atoms with Gasteiger partial charge in [0.25, 0.3) is 0 Å². The quantitative estimate of drug-likeness (QED) is 0.653. The van der Waals surface area contributed by atoms with Crippen molar-refractivity contribution in [3.8, 4) is 5.75 Å². The third-order valence-electron chi connectivity index (χ3n) is 3.53. The summed E-state index contributed by atoms with van der Waals surface area (Å²) in [6.07, 6.45) is 0.282. The number of hydrogen-bond donors (Lipinski definition) is 3. The van der Waals surface area contributed by atoms with Crippen LogP contribution in [-0.4, -0.2) is 23.7 Å². The smallest absolute Gasteiger partial charge is 0.234 e. The first-order valence-corrected chi connectivity index (χ1v) is 7.68. The lowest BCUT2D eigenvalue weighted by atomic mass is 10.1. The molecule has 1 unspecified atom stereocenters. The number of primary amides is 1. The van der Waals surface area contributed by atoms with E-state index in [2.05, 4.69) is 5.32 Å². The number of benzene rings is 2. The van der Waals surface area contributed by atoms with Crippen LogP contribution in [0.25, 0.3) is 0 Å². The summed E-state index contributed by atoms with van der Waals surface area (Å²) < 4.78 is 18.7. The van der Waals surface area contributed by atoms with E-state index in [1.54, 1.807) is 12.1 Å². The van der Waals surface area contributed by atoms with Crippen LogP contribution in [0, 0.1) is 5.82 Å². The summed E-state index contributed by atoms with van der Waals surface area (Å²) in [7, 11) is 0. The molecule has 0 aliphatic carbocycles. The lowest BCUT2D eigenvalue weighted by molar-refractivity contribution is -0.120. The van der Waals surface area contributed by atoms with Crippen LogP contribution in [0.1, 0.15) is 17.5 Å². The predicted molar refractivity (Wildman–Crippen MR) is 88.7 cm³/mol. The number of aliphatic hydroxyl groups is 1. The molecule has 1 amide bonds. The first kappa shape index (κ1) is 17.9. The highest BCUT2D eigenvalue weighted by atomic mass is 19.1. The van der Waals surface area contributed by atoms with Gasteiger partial charge in [0.1, 0.15) is 18.2 Å². The van der Waals surface area contributed by atoms with Crippen LogP contribution in [0.5, 0.6) is 5.75 Å². The Balaban J connectivity index is 1.85. The maximum atomic E-state index is 13.1. The highest BCUT2D eigenvalue weighted by molar-refractivity contribution is 5.79. The zero-order valence-electron chi connectivity index (χ0n) is 13.2. The molecular formula is C18H21FN2O3. The van der Waals surface area contributed by atoms with Gasteiger partial charge >= 0.3 is 0 Å². The maximum absolute atomic E-state index is 13.1. The number of amides is 1. The van der Waals surface area contributed by atoms with E-state index in [0.717, 1.165) is 11.1 Å². The molecule has 0 aliphatic rings. The first-order valence-electron chi connectivity index (χ1n) is 7.68. The molecule has 2 aromatic carbocycles. The molecule has 0 radical (unpaired) electrons. The molecule has 5 nitrogen and oxygen atoms in total. The molecule has 24 heavy (non-hydrogen) atoms. The van der Waals surface area contributed by atoms with Crippen LogP contribution in [0.3, 0.4) is 0 Å². The number of nitrogens with one attached hydrogen (secondary N) is 1. The summed E-state index contributed by atoms with van der Waals surface area (Å²) in [6.45, 7) is 0.640. The van der Waals surface area contributed by atoms with Gasteiger partial charge in [0.05, 0.1) is 6.04 Å². The lowest BCUT2D eigenvalue weighted by Crippen LogP contribution is -2.41. The predicted octanol–water partition coefficient (Wildman–Crippen LogP) is 1.73. The van der Waals surface area contributed by atoms with Gasteiger partial charge in [-0.25, -0.2) is 4.39 Å². The fourth-order valence-electron chi connectivity index (χ4n) is 2.21. The van der Waals surface area contributed by atoms with Crippen LogP contribution in [-0.2, 0) is 17.9 Å². The average Bonchev–Trinajstić information content (AvgIpc) is 2.57. The largest absolute Gasteiger partial charge is 0.489 e. The number of ether oxygens (including phenoxy) is 1. The summed E-state index contributed by atoms with van der Waals surface area (Å²) in [5, 5.41) is 11.9. The van der Waals surface area contributed by atoms with Crippen molar-refractivity contribution in [3.63, 3.8) is 0 Å². The molecule has 6 heteroatoms. The Hall–Kier alpha value is -2.44. The Morgan fingerprint density at radius 1 is 1.21 bits per heavy atom. The Labute approximate surface area is 140 Å². The van der Waals surface area contributed by atoms with Crippen molar-refractivity contribution >= 4 is 5.91 Å². The minimum Gasteiger partial charge on any atom is -0.489 e. The molecule has 0 aromatic heterocycles. The Kier molecular flexibility index (Phi) is 6.72. The van der Waals surface area contributed by atoms with Crippen molar-refractivity contribution in [2.24, 2.45) is 5.73 Å². The van der Waals surface area contributed by atoms with Crippen LogP contribution in [0.4, 0.5) is 4.39 Å². The number of halogens is 1. The van der Waals surface area contributed by atoms with Gasteiger partial charge in [-0.15, -0.1) is 0 Å². The normalized spacial score (nSPS) is 11.9. The second kappa shape index (κ2) is 9.00. The van der Waals surface area contributed by atoms with Crippen molar-refractivity contribution in [1.82, 2.24) is 5.32 Å². The van der Waals surface area contributed by atoms with Gasteiger partial charge in [-0.3, -0.25) is 4.79 Å². The van der Waals surface area contributed by atoms with E-state index in [1.165, 1.54) is 12.1 Å². The summed E-state index contributed by atoms with van der Waals surface area (Å²) in [6, 6.07) is 13.1. The fraction of sp³-hybridized carbons (Fsp3) is 0.278. The van der Waals surface area contributed by atoms with E-state index in [0.29, 0.717) is 12.3 Å². The molecule has 0 aliphatic heterocycles. The molecule has 0 bridgehead atoms. The first-order chi connectivity index (χ1) is 11.6. The molecule has 0 spiro atoms. The van der Waals surface area contributed by atoms with Gasteiger partial charge in [0.15, 0.2) is 0 Å². The van der Waals surface area contributed by atoms with E-state index in [-0.39, 0.29) is 25.5 Å². The number of carbonyl (C=O) groups excluding carboxylic acids is 1. The monoisotopic (exact) mass is 332 g/mol. The molecule has 0 saturated heterocycles. The van der Waals surface area contributed by atoms with Gasteiger partial charge in [-0.05, 0) is 41.8 Å². The summed E-state index contributed by atoms with van der Waals surface area (Å²) in [5.74, 6) is -0.103. The maximum Gasteiger partial charge on any atom is 0.234 e. The molecule has 128 valence electrons. The van der Waals surface area contributed by atoms with E-state index in [1.807, 2.05) is 24.3 Å². The Morgan fingerprint density at radius 3 is 2.58 bits per heavy atom. The standard InChI is InChI=1S/C18H21FN2O3/c19-15-3-1-2-14(10-15)12-24-16-6-4-13(5-7-16)11-21-17(8-9-22)18(20)23/h1-7,10,17,21-22H,8-9,11-12H2,(H2,20,23). The Bertz CT molecular complexity index is 662. The summed E-state index contributed by atoms with van der Waals surface area (Å²) in [4.78, 5) is 11.2. The second-order valence-corrected chi connectivity index (χ2v) is 5.41. The van der Waals surface area contributed by atoms with E-state index < -0.39 is 11.9 Å². The van der Waals surface area contributed by atoms with Crippen LogP contribution in [0.2, 0.25) is 0 Å². The zero-order chi connectivity index (χ0) is 17.4. The van der Waals surface area contributed by atoms with Crippen molar-refractivity contribution in [2.45, 2.75) is 25.6 Å². The van der Waals surface area contributed by atoms with E-state index in [4.69, 9.17) is 15.6 Å². The van der Waals surface area contributed by atoms with Crippen LogP contribution in [0.15, 0.2) is 48.5 Å². The second-order valence-electron chi connectivity index (χ2n) is 5.41. The Morgan fingerprint density at radius 2 is 1.96 bits per heavy atom.